The molecule has 0 saturated heterocycles. The lowest BCUT2D eigenvalue weighted by molar-refractivity contribution is -0.139. The number of rotatable bonds is 11. The van der Waals surface area contributed by atoms with E-state index < -0.39 is 40.3 Å². The number of carbonyl (C=O) groups is 1. The van der Waals surface area contributed by atoms with Crippen molar-refractivity contribution in [2.24, 2.45) is 0 Å². The number of aromatic nitrogens is 2. The molecule has 2 aromatic rings. The highest BCUT2D eigenvalue weighted by atomic mass is 32.2. The van der Waals surface area contributed by atoms with E-state index in [9.17, 15) is 27.8 Å². The Morgan fingerprint density at radius 3 is 2.36 bits per heavy atom. The maximum absolute atomic E-state index is 13.5. The van der Waals surface area contributed by atoms with E-state index in [1.165, 1.54) is 30.3 Å². The van der Waals surface area contributed by atoms with Crippen LogP contribution in [0.5, 0.6) is 0 Å². The Labute approximate surface area is 192 Å². The van der Waals surface area contributed by atoms with E-state index in [0.29, 0.717) is 22.5 Å². The van der Waals surface area contributed by atoms with E-state index >= 15 is 0 Å². The lowest BCUT2D eigenvalue weighted by atomic mass is 9.97. The summed E-state index contributed by atoms with van der Waals surface area (Å²) >= 11 is 0. The van der Waals surface area contributed by atoms with Crippen LogP contribution in [0, 0.1) is 5.82 Å². The molecule has 1 aromatic carbocycles. The van der Waals surface area contributed by atoms with Crippen molar-refractivity contribution in [1.29, 1.82) is 0 Å². The summed E-state index contributed by atoms with van der Waals surface area (Å²) < 4.78 is 36.6. The van der Waals surface area contributed by atoms with Gasteiger partial charge in [0.1, 0.15) is 11.7 Å². The summed E-state index contributed by atoms with van der Waals surface area (Å²) in [5.74, 6) is -2.03. The van der Waals surface area contributed by atoms with Crippen molar-refractivity contribution < 1.29 is 32.9 Å². The molecule has 0 aliphatic rings. The molecule has 0 fully saturated rings. The van der Waals surface area contributed by atoms with Crippen LogP contribution in [-0.2, 0) is 14.6 Å². The summed E-state index contributed by atoms with van der Waals surface area (Å²) in [5.41, 5.74) is 2.01. The Balaban J connectivity index is 2.51. The third-order valence-corrected chi connectivity index (χ3v) is 5.21. The second-order valence-electron chi connectivity index (χ2n) is 8.02. The van der Waals surface area contributed by atoms with Gasteiger partial charge in [0.05, 0.1) is 30.0 Å². The van der Waals surface area contributed by atoms with E-state index in [1.54, 1.807) is 6.08 Å². The molecular formula is C22H28FN3O6S. The van der Waals surface area contributed by atoms with E-state index in [0.717, 1.165) is 6.26 Å². The lowest BCUT2D eigenvalue weighted by Crippen LogP contribution is -2.19. The molecular weight excluding hydrogens is 453 g/mol. The van der Waals surface area contributed by atoms with Crippen LogP contribution in [0.4, 0.5) is 10.3 Å². The zero-order chi connectivity index (χ0) is 24.8. The van der Waals surface area contributed by atoms with Crippen LogP contribution < -0.4 is 5.32 Å². The molecule has 2 atom stereocenters. The standard InChI is InChI=1S/C22H28FN3O6S/c1-13(2)20-18(9-8-16(27)10-17(28)11-19(29)30)21(14-4-6-15(23)7-5-14)26-22(25-20)24-12-33(3,31)32/h4-9,13,16-17,27-28H,10-12H2,1-3H3,(H,29,30)(H,24,25,26)/t16?,17-/m1/s1. The topological polar surface area (TPSA) is 150 Å². The molecule has 1 heterocycles. The van der Waals surface area contributed by atoms with Crippen LogP contribution in [0.2, 0.25) is 0 Å². The minimum atomic E-state index is -3.34. The molecule has 1 unspecified atom stereocenters. The number of aliphatic hydroxyl groups excluding tert-OH is 2. The fourth-order valence-electron chi connectivity index (χ4n) is 3.04. The highest BCUT2D eigenvalue weighted by Crippen LogP contribution is 2.30. The van der Waals surface area contributed by atoms with Crippen molar-refractivity contribution >= 4 is 27.8 Å². The molecule has 0 aliphatic heterocycles. The Bertz CT molecular complexity index is 1100. The number of hydrogen-bond acceptors (Lipinski definition) is 8. The smallest absolute Gasteiger partial charge is 0.305 e. The summed E-state index contributed by atoms with van der Waals surface area (Å²) in [6, 6.07) is 5.57. The van der Waals surface area contributed by atoms with E-state index in [-0.39, 0.29) is 24.2 Å². The Morgan fingerprint density at radius 2 is 1.82 bits per heavy atom. The fraction of sp³-hybridized carbons (Fsp3) is 0.409. The SMILES string of the molecule is CC(C)c1nc(NCS(C)(=O)=O)nc(-c2ccc(F)cc2)c1C=CC(O)C[C@@H](O)CC(=O)O. The monoisotopic (exact) mass is 481 g/mol. The van der Waals surface area contributed by atoms with Gasteiger partial charge in [-0.3, -0.25) is 4.79 Å². The molecule has 33 heavy (non-hydrogen) atoms. The maximum Gasteiger partial charge on any atom is 0.305 e. The van der Waals surface area contributed by atoms with Gasteiger partial charge in [-0.25, -0.2) is 22.8 Å². The van der Waals surface area contributed by atoms with Crippen LogP contribution in [-0.4, -0.2) is 64.0 Å². The summed E-state index contributed by atoms with van der Waals surface area (Å²) in [4.78, 5) is 19.6. The number of aliphatic carboxylic acids is 1. The van der Waals surface area contributed by atoms with Crippen molar-refractivity contribution in [3.8, 4) is 11.3 Å². The lowest BCUT2D eigenvalue weighted by Gasteiger charge is -2.17. The van der Waals surface area contributed by atoms with E-state index in [2.05, 4.69) is 15.3 Å². The molecule has 0 radical (unpaired) electrons. The minimum Gasteiger partial charge on any atom is -0.481 e. The first-order valence-electron chi connectivity index (χ1n) is 10.2. The van der Waals surface area contributed by atoms with Crippen molar-refractivity contribution in [2.45, 2.75) is 44.8 Å². The molecule has 9 nitrogen and oxygen atoms in total. The zero-order valence-corrected chi connectivity index (χ0v) is 19.4. The zero-order valence-electron chi connectivity index (χ0n) is 18.6. The number of carboxylic acid groups (broad SMARTS) is 1. The summed E-state index contributed by atoms with van der Waals surface area (Å²) in [6.45, 7) is 3.75. The van der Waals surface area contributed by atoms with Crippen LogP contribution in [0.1, 0.15) is 43.9 Å². The number of anilines is 1. The average molecular weight is 482 g/mol. The number of nitrogens with one attached hydrogen (secondary N) is 1. The first-order valence-corrected chi connectivity index (χ1v) is 12.3. The van der Waals surface area contributed by atoms with Crippen molar-refractivity contribution in [2.75, 3.05) is 17.4 Å². The molecule has 0 spiro atoms. The molecule has 4 N–H and O–H groups in total. The second kappa shape index (κ2) is 11.3. The summed E-state index contributed by atoms with van der Waals surface area (Å²) in [6.07, 6.45) is 0.999. The number of aliphatic hydroxyl groups is 2. The van der Waals surface area contributed by atoms with Gasteiger partial charge in [0.25, 0.3) is 0 Å². The van der Waals surface area contributed by atoms with Crippen LogP contribution in [0.15, 0.2) is 30.3 Å². The van der Waals surface area contributed by atoms with Crippen LogP contribution in [0.25, 0.3) is 17.3 Å². The molecule has 0 aliphatic carbocycles. The van der Waals surface area contributed by atoms with Gasteiger partial charge in [0.15, 0.2) is 9.84 Å². The predicted octanol–water partition coefficient (Wildman–Crippen LogP) is 2.42. The molecule has 0 amide bonds. The number of benzene rings is 1. The number of hydrogen-bond donors (Lipinski definition) is 4. The van der Waals surface area contributed by atoms with Crippen LogP contribution in [0.3, 0.4) is 0 Å². The van der Waals surface area contributed by atoms with E-state index in [4.69, 9.17) is 5.11 Å². The van der Waals surface area contributed by atoms with Gasteiger partial charge >= 0.3 is 5.97 Å². The molecule has 11 heteroatoms. The molecule has 0 saturated carbocycles. The van der Waals surface area contributed by atoms with E-state index in [1.807, 2.05) is 13.8 Å². The van der Waals surface area contributed by atoms with Crippen molar-refractivity contribution in [3.05, 3.63) is 47.4 Å². The number of halogens is 1. The van der Waals surface area contributed by atoms with Crippen LogP contribution >= 0.6 is 0 Å². The predicted molar refractivity (Wildman–Crippen MR) is 123 cm³/mol. The molecule has 1 aromatic heterocycles. The first kappa shape index (κ1) is 26.4. The quantitative estimate of drug-likeness (QED) is 0.379. The van der Waals surface area contributed by atoms with Gasteiger partial charge in [0, 0.05) is 23.8 Å². The average Bonchev–Trinajstić information content (AvgIpc) is 2.69. The van der Waals surface area contributed by atoms with Gasteiger partial charge in [-0.2, -0.15) is 0 Å². The Kier molecular flexibility index (Phi) is 9.03. The van der Waals surface area contributed by atoms with Gasteiger partial charge in [-0.1, -0.05) is 26.0 Å². The minimum absolute atomic E-state index is 0.0815. The van der Waals surface area contributed by atoms with Gasteiger partial charge in [-0.15, -0.1) is 0 Å². The van der Waals surface area contributed by atoms with Gasteiger partial charge in [-0.05, 0) is 30.2 Å². The Hall–Kier alpha value is -2.89. The second-order valence-corrected chi connectivity index (χ2v) is 10.2. The number of nitrogens with zero attached hydrogens (tertiary/aromatic N) is 2. The largest absolute Gasteiger partial charge is 0.481 e. The molecule has 0 bridgehead atoms. The summed E-state index contributed by atoms with van der Waals surface area (Å²) in [5, 5.41) is 31.4. The normalized spacial score (nSPS) is 13.9. The van der Waals surface area contributed by atoms with Crippen molar-refractivity contribution in [1.82, 2.24) is 9.97 Å². The maximum atomic E-state index is 13.5. The highest BCUT2D eigenvalue weighted by molar-refractivity contribution is 7.90. The molecule has 180 valence electrons. The summed E-state index contributed by atoms with van der Waals surface area (Å²) in [7, 11) is -3.34. The van der Waals surface area contributed by atoms with Gasteiger partial charge in [0.2, 0.25) is 5.95 Å². The van der Waals surface area contributed by atoms with Gasteiger partial charge < -0.3 is 20.6 Å². The number of sulfone groups is 1. The highest BCUT2D eigenvalue weighted by Gasteiger charge is 2.19. The third kappa shape index (κ3) is 8.52. The number of carboxylic acids is 1. The molecule has 2 rings (SSSR count). The first-order chi connectivity index (χ1) is 15.4. The Morgan fingerprint density at radius 1 is 1.18 bits per heavy atom. The van der Waals surface area contributed by atoms with Crippen molar-refractivity contribution in [3.63, 3.8) is 0 Å². The fourth-order valence-corrected chi connectivity index (χ4v) is 3.43. The third-order valence-electron chi connectivity index (χ3n) is 4.54.